The van der Waals surface area contributed by atoms with E-state index in [2.05, 4.69) is 78.0 Å². The van der Waals surface area contributed by atoms with E-state index < -0.39 is 0 Å². The van der Waals surface area contributed by atoms with E-state index in [-0.39, 0.29) is 0 Å². The Morgan fingerprint density at radius 3 is 2.70 bits per heavy atom. The van der Waals surface area contributed by atoms with Crippen molar-refractivity contribution >= 4 is 23.0 Å². The quantitative estimate of drug-likeness (QED) is 0.362. The number of nitrogens with zero attached hydrogens (tertiary/aromatic N) is 2. The first-order valence-corrected chi connectivity index (χ1v) is 10.7. The van der Waals surface area contributed by atoms with E-state index in [0.717, 1.165) is 30.0 Å². The molecule has 1 aromatic heterocycles. The lowest BCUT2D eigenvalue weighted by molar-refractivity contribution is 0.303. The molecule has 0 radical (unpaired) electrons. The fourth-order valence-electron chi connectivity index (χ4n) is 3.60. The zero-order valence-electron chi connectivity index (χ0n) is 17.3. The van der Waals surface area contributed by atoms with E-state index in [1.165, 1.54) is 21.9 Å². The van der Waals surface area contributed by atoms with Crippen molar-refractivity contribution in [2.45, 2.75) is 39.8 Å². The second kappa shape index (κ2) is 9.13. The molecular weight excluding hydrogens is 392 g/mol. The maximum Gasteiger partial charge on any atom is 0.214 e. The number of H-pyrrole nitrogens is 1. The highest BCUT2D eigenvalue weighted by molar-refractivity contribution is 7.71. The Balaban J connectivity index is 1.65. The van der Waals surface area contributed by atoms with Crippen molar-refractivity contribution < 1.29 is 4.74 Å². The number of rotatable bonds is 8. The van der Waals surface area contributed by atoms with Gasteiger partial charge in [-0.3, -0.25) is 5.10 Å². The van der Waals surface area contributed by atoms with E-state index in [1.54, 1.807) is 0 Å². The predicted molar refractivity (Wildman–Crippen MR) is 124 cm³/mol. The summed E-state index contributed by atoms with van der Waals surface area (Å²) in [4.78, 5) is 0. The second-order valence-corrected chi connectivity index (χ2v) is 7.73. The van der Waals surface area contributed by atoms with Gasteiger partial charge in [0.2, 0.25) is 4.77 Å². The van der Waals surface area contributed by atoms with E-state index in [1.807, 2.05) is 16.8 Å². The van der Waals surface area contributed by atoms with Gasteiger partial charge in [0, 0.05) is 12.0 Å². The molecule has 0 unspecified atom stereocenters. The average molecular weight is 419 g/mol. The number of benzene rings is 3. The summed E-state index contributed by atoms with van der Waals surface area (Å²) in [7, 11) is 0. The van der Waals surface area contributed by atoms with Crippen LogP contribution in [0.15, 0.2) is 60.7 Å². The van der Waals surface area contributed by atoms with Crippen LogP contribution in [0.2, 0.25) is 0 Å². The summed E-state index contributed by atoms with van der Waals surface area (Å²) in [6, 6.07) is 20.8. The van der Waals surface area contributed by atoms with Crippen LogP contribution in [0.25, 0.3) is 10.8 Å². The monoisotopic (exact) mass is 418 g/mol. The zero-order chi connectivity index (χ0) is 20.9. The molecule has 1 heterocycles. The third-order valence-corrected chi connectivity index (χ3v) is 5.55. The molecule has 30 heavy (non-hydrogen) atoms. The summed E-state index contributed by atoms with van der Waals surface area (Å²) >= 11 is 5.41. The third kappa shape index (κ3) is 4.24. The van der Waals surface area contributed by atoms with E-state index in [9.17, 15) is 0 Å². The molecule has 0 amide bonds. The Bertz CT molecular complexity index is 1210. The molecular formula is C24H26N4OS. The highest BCUT2D eigenvalue weighted by Gasteiger charge is 2.12. The molecule has 5 nitrogen and oxygen atoms in total. The minimum absolute atomic E-state index is 0.532. The van der Waals surface area contributed by atoms with Crippen molar-refractivity contribution in [2.75, 3.05) is 5.43 Å². The lowest BCUT2D eigenvalue weighted by atomic mass is 10.0. The Hall–Kier alpha value is -3.12. The smallest absolute Gasteiger partial charge is 0.214 e. The van der Waals surface area contributed by atoms with Gasteiger partial charge in [0.15, 0.2) is 5.82 Å². The van der Waals surface area contributed by atoms with Crippen LogP contribution in [0, 0.1) is 11.7 Å². The lowest BCUT2D eigenvalue weighted by Crippen LogP contribution is -2.18. The van der Waals surface area contributed by atoms with Crippen LogP contribution in [0.5, 0.6) is 5.75 Å². The molecule has 0 aliphatic heterocycles. The lowest BCUT2D eigenvalue weighted by Gasteiger charge is -2.17. The van der Waals surface area contributed by atoms with Crippen molar-refractivity contribution in [3.63, 3.8) is 0 Å². The van der Waals surface area contributed by atoms with Crippen molar-refractivity contribution in [1.82, 2.24) is 14.9 Å². The third-order valence-electron chi connectivity index (χ3n) is 5.27. The molecule has 0 spiro atoms. The zero-order valence-corrected chi connectivity index (χ0v) is 18.1. The molecule has 0 aliphatic carbocycles. The first-order chi connectivity index (χ1) is 14.7. The van der Waals surface area contributed by atoms with Gasteiger partial charge in [-0.1, -0.05) is 61.5 Å². The van der Waals surface area contributed by atoms with E-state index in [4.69, 9.17) is 17.0 Å². The van der Waals surface area contributed by atoms with Gasteiger partial charge in [0.05, 0.1) is 6.54 Å². The maximum atomic E-state index is 6.29. The molecule has 3 aromatic carbocycles. The first kappa shape index (κ1) is 20.2. The molecule has 4 aromatic rings. The van der Waals surface area contributed by atoms with Crippen LogP contribution in [0.3, 0.4) is 0 Å². The largest absolute Gasteiger partial charge is 0.489 e. The highest BCUT2D eigenvalue weighted by Crippen LogP contribution is 2.29. The SMILES string of the molecule is CCCc1n[nH]c(=S)n1NCc1c(OCc2ccccc2C)ccc2ccccc12. The minimum Gasteiger partial charge on any atom is -0.489 e. The molecule has 0 fully saturated rings. The standard InChI is InChI=1S/C24H26N4OS/c1-3-8-23-26-27-24(30)28(23)25-15-21-20-12-7-6-10-18(20)13-14-22(21)29-16-19-11-5-4-9-17(19)2/h4-7,9-14,25H,3,8,15-16H2,1-2H3,(H,27,30). The topological polar surface area (TPSA) is 54.9 Å². The van der Waals surface area contributed by atoms with E-state index >= 15 is 0 Å². The number of hydrogen-bond acceptors (Lipinski definition) is 4. The van der Waals surface area contributed by atoms with Gasteiger partial charge in [-0.05, 0) is 53.5 Å². The number of aromatic nitrogens is 3. The Kier molecular flexibility index (Phi) is 6.14. The Morgan fingerprint density at radius 2 is 1.87 bits per heavy atom. The van der Waals surface area contributed by atoms with Crippen LogP contribution in [0.1, 0.15) is 35.9 Å². The minimum atomic E-state index is 0.532. The maximum absolute atomic E-state index is 6.29. The van der Waals surface area contributed by atoms with Gasteiger partial charge < -0.3 is 10.2 Å². The molecule has 0 saturated carbocycles. The fraction of sp³-hybridized carbons (Fsp3) is 0.250. The van der Waals surface area contributed by atoms with Gasteiger partial charge >= 0.3 is 0 Å². The number of hydrogen-bond donors (Lipinski definition) is 2. The van der Waals surface area contributed by atoms with Gasteiger partial charge in [-0.2, -0.15) is 5.10 Å². The summed E-state index contributed by atoms with van der Waals surface area (Å²) < 4.78 is 8.73. The normalized spacial score (nSPS) is 11.0. The van der Waals surface area contributed by atoms with Crippen molar-refractivity contribution in [3.8, 4) is 5.75 Å². The number of ether oxygens (including phenoxy) is 1. The summed E-state index contributed by atoms with van der Waals surface area (Å²) in [6.07, 6.45) is 1.85. The summed E-state index contributed by atoms with van der Waals surface area (Å²) in [6.45, 7) is 5.35. The van der Waals surface area contributed by atoms with Crippen LogP contribution >= 0.6 is 12.2 Å². The van der Waals surface area contributed by atoms with E-state index in [0.29, 0.717) is 17.9 Å². The summed E-state index contributed by atoms with van der Waals surface area (Å²) in [5, 5.41) is 9.57. The molecule has 6 heteroatoms. The predicted octanol–water partition coefficient (Wildman–Crippen LogP) is 5.68. The molecule has 154 valence electrons. The number of aryl methyl sites for hydroxylation is 2. The number of fused-ring (bicyclic) bond motifs is 1. The Labute approximate surface area is 181 Å². The van der Waals surface area contributed by atoms with Crippen LogP contribution in [0.4, 0.5) is 0 Å². The van der Waals surface area contributed by atoms with Crippen LogP contribution in [-0.4, -0.2) is 14.9 Å². The van der Waals surface area contributed by atoms with Gasteiger partial charge in [0.1, 0.15) is 12.4 Å². The fourth-order valence-corrected chi connectivity index (χ4v) is 3.82. The Morgan fingerprint density at radius 1 is 1.07 bits per heavy atom. The van der Waals surface area contributed by atoms with Gasteiger partial charge in [-0.25, -0.2) is 4.68 Å². The van der Waals surface area contributed by atoms with Crippen molar-refractivity contribution in [2.24, 2.45) is 0 Å². The van der Waals surface area contributed by atoms with Gasteiger partial charge in [-0.15, -0.1) is 0 Å². The highest BCUT2D eigenvalue weighted by atomic mass is 32.1. The molecule has 0 saturated heterocycles. The van der Waals surface area contributed by atoms with Crippen LogP contribution < -0.4 is 10.2 Å². The van der Waals surface area contributed by atoms with Crippen molar-refractivity contribution in [3.05, 3.63) is 87.9 Å². The molecule has 0 bridgehead atoms. The molecule has 2 N–H and O–H groups in total. The summed E-state index contributed by atoms with van der Waals surface area (Å²) in [5.74, 6) is 1.78. The molecule has 0 aliphatic rings. The molecule has 4 rings (SSSR count). The van der Waals surface area contributed by atoms with Crippen molar-refractivity contribution in [1.29, 1.82) is 0 Å². The average Bonchev–Trinajstić information content (AvgIpc) is 3.11. The summed E-state index contributed by atoms with van der Waals surface area (Å²) in [5.41, 5.74) is 6.96. The number of aromatic amines is 1. The second-order valence-electron chi connectivity index (χ2n) is 7.34. The van der Waals surface area contributed by atoms with Crippen LogP contribution in [-0.2, 0) is 19.6 Å². The first-order valence-electron chi connectivity index (χ1n) is 10.3. The molecule has 0 atom stereocenters. The number of nitrogens with one attached hydrogen (secondary N) is 2. The van der Waals surface area contributed by atoms with Gasteiger partial charge in [0.25, 0.3) is 0 Å².